The molecule has 1 aliphatic rings. The molecule has 0 saturated carbocycles. The van der Waals surface area contributed by atoms with Gasteiger partial charge in [-0.3, -0.25) is 14.8 Å². The molecule has 110 valence electrons. The third-order valence-corrected chi connectivity index (χ3v) is 4.47. The van der Waals surface area contributed by atoms with Crippen LogP contribution in [0.25, 0.3) is 0 Å². The SMILES string of the molecule is CCc1nnsc1C(=O)N1CCC[C@@H]1c1cncc(C)n1. The van der Waals surface area contributed by atoms with Crippen molar-refractivity contribution in [1.82, 2.24) is 24.5 Å². The Bertz CT molecular complexity index is 656. The highest BCUT2D eigenvalue weighted by atomic mass is 32.1. The standard InChI is InChI=1S/C14H17N5OS/c1-3-10-13(21-18-17-10)14(20)19-6-4-5-12(19)11-8-15-7-9(2)16-11/h7-8,12H,3-6H2,1-2H3/t12-/m1/s1. The number of carbonyl (C=O) groups is 1. The first-order valence-electron chi connectivity index (χ1n) is 7.11. The quantitative estimate of drug-likeness (QED) is 0.869. The number of amides is 1. The Hall–Kier alpha value is -1.89. The maximum Gasteiger partial charge on any atom is 0.268 e. The van der Waals surface area contributed by atoms with E-state index in [1.165, 1.54) is 11.5 Å². The van der Waals surface area contributed by atoms with Crippen LogP contribution in [-0.4, -0.2) is 36.9 Å². The minimum atomic E-state index is 0.0108. The topological polar surface area (TPSA) is 71.9 Å². The van der Waals surface area contributed by atoms with Crippen molar-refractivity contribution in [3.8, 4) is 0 Å². The Balaban J connectivity index is 1.89. The van der Waals surface area contributed by atoms with Crippen LogP contribution in [0.3, 0.4) is 0 Å². The molecule has 6 nitrogen and oxygen atoms in total. The van der Waals surface area contributed by atoms with Crippen LogP contribution in [0.2, 0.25) is 0 Å². The maximum atomic E-state index is 12.8. The number of rotatable bonds is 3. The van der Waals surface area contributed by atoms with E-state index in [-0.39, 0.29) is 11.9 Å². The highest BCUT2D eigenvalue weighted by Crippen LogP contribution is 2.32. The molecule has 2 aromatic heterocycles. The zero-order chi connectivity index (χ0) is 14.8. The third-order valence-electron chi connectivity index (χ3n) is 3.71. The minimum absolute atomic E-state index is 0.0108. The van der Waals surface area contributed by atoms with Crippen LogP contribution in [0, 0.1) is 6.92 Å². The number of hydrogen-bond acceptors (Lipinski definition) is 6. The van der Waals surface area contributed by atoms with E-state index < -0.39 is 0 Å². The fourth-order valence-electron chi connectivity index (χ4n) is 2.69. The van der Waals surface area contributed by atoms with E-state index in [2.05, 4.69) is 19.6 Å². The van der Waals surface area contributed by atoms with Crippen LogP contribution in [0.4, 0.5) is 0 Å². The Morgan fingerprint density at radius 3 is 3.10 bits per heavy atom. The van der Waals surface area contributed by atoms with Gasteiger partial charge in [0.25, 0.3) is 5.91 Å². The van der Waals surface area contributed by atoms with Crippen LogP contribution in [-0.2, 0) is 6.42 Å². The summed E-state index contributed by atoms with van der Waals surface area (Å²) in [5, 5.41) is 4.03. The molecule has 0 bridgehead atoms. The van der Waals surface area contributed by atoms with Gasteiger partial charge in [0.1, 0.15) is 4.88 Å². The van der Waals surface area contributed by atoms with E-state index in [1.54, 1.807) is 12.4 Å². The summed E-state index contributed by atoms with van der Waals surface area (Å²) in [7, 11) is 0. The van der Waals surface area contributed by atoms with Crippen LogP contribution >= 0.6 is 11.5 Å². The van der Waals surface area contributed by atoms with E-state index in [9.17, 15) is 4.79 Å². The second-order valence-corrected chi connectivity index (χ2v) is 5.90. The number of nitrogens with zero attached hydrogens (tertiary/aromatic N) is 5. The molecule has 0 unspecified atom stereocenters. The molecule has 3 rings (SSSR count). The minimum Gasteiger partial charge on any atom is -0.329 e. The largest absolute Gasteiger partial charge is 0.329 e. The predicted octanol–water partition coefficient (Wildman–Crippen LogP) is 2.18. The van der Waals surface area contributed by atoms with E-state index >= 15 is 0 Å². The molecule has 1 aliphatic heterocycles. The average molecular weight is 303 g/mol. The predicted molar refractivity (Wildman–Crippen MR) is 79.1 cm³/mol. The van der Waals surface area contributed by atoms with Gasteiger partial charge in [0.05, 0.1) is 29.3 Å². The Labute approximate surface area is 127 Å². The van der Waals surface area contributed by atoms with Crippen molar-refractivity contribution in [3.05, 3.63) is 34.4 Å². The van der Waals surface area contributed by atoms with Gasteiger partial charge in [-0.1, -0.05) is 11.4 Å². The van der Waals surface area contributed by atoms with Crippen molar-refractivity contribution in [2.45, 2.75) is 39.2 Å². The lowest BCUT2D eigenvalue weighted by Crippen LogP contribution is -2.31. The van der Waals surface area contributed by atoms with Crippen LogP contribution < -0.4 is 0 Å². The van der Waals surface area contributed by atoms with Crippen LogP contribution in [0.15, 0.2) is 12.4 Å². The number of carbonyl (C=O) groups excluding carboxylic acids is 1. The molecule has 3 heterocycles. The van der Waals surface area contributed by atoms with Crippen LogP contribution in [0.5, 0.6) is 0 Å². The Morgan fingerprint density at radius 2 is 2.33 bits per heavy atom. The van der Waals surface area contributed by atoms with Gasteiger partial charge in [-0.2, -0.15) is 0 Å². The summed E-state index contributed by atoms with van der Waals surface area (Å²) in [6, 6.07) is 0.0108. The molecule has 0 spiro atoms. The zero-order valence-corrected chi connectivity index (χ0v) is 12.9. The summed E-state index contributed by atoms with van der Waals surface area (Å²) in [6.45, 7) is 4.65. The van der Waals surface area contributed by atoms with E-state index in [0.717, 1.165) is 42.9 Å². The van der Waals surface area contributed by atoms with Gasteiger partial charge in [-0.05, 0) is 37.7 Å². The van der Waals surface area contributed by atoms with Gasteiger partial charge in [0.2, 0.25) is 0 Å². The molecule has 7 heteroatoms. The number of hydrogen-bond donors (Lipinski definition) is 0. The van der Waals surface area contributed by atoms with Gasteiger partial charge in [0, 0.05) is 12.7 Å². The highest BCUT2D eigenvalue weighted by Gasteiger charge is 2.33. The van der Waals surface area contributed by atoms with E-state index in [0.29, 0.717) is 4.88 Å². The molecule has 1 atom stereocenters. The summed E-state index contributed by atoms with van der Waals surface area (Å²) in [5.74, 6) is 0.0210. The molecule has 0 N–H and O–H groups in total. The molecule has 1 saturated heterocycles. The number of aromatic nitrogens is 4. The van der Waals surface area contributed by atoms with Crippen molar-refractivity contribution in [1.29, 1.82) is 0 Å². The molecule has 0 aromatic carbocycles. The molecule has 2 aromatic rings. The number of aryl methyl sites for hydroxylation is 2. The lowest BCUT2D eigenvalue weighted by atomic mass is 10.1. The van der Waals surface area contributed by atoms with Gasteiger partial charge in [-0.15, -0.1) is 5.10 Å². The van der Waals surface area contributed by atoms with Crippen molar-refractivity contribution in [3.63, 3.8) is 0 Å². The highest BCUT2D eigenvalue weighted by molar-refractivity contribution is 7.08. The average Bonchev–Trinajstić information content (AvgIpc) is 3.15. The molecule has 1 fully saturated rings. The lowest BCUT2D eigenvalue weighted by molar-refractivity contribution is 0.0736. The first-order valence-corrected chi connectivity index (χ1v) is 7.88. The van der Waals surface area contributed by atoms with E-state index in [1.807, 2.05) is 18.7 Å². The summed E-state index contributed by atoms with van der Waals surface area (Å²) < 4.78 is 3.91. The molecule has 0 radical (unpaired) electrons. The monoisotopic (exact) mass is 303 g/mol. The second-order valence-electron chi connectivity index (χ2n) is 5.14. The maximum absolute atomic E-state index is 12.8. The first kappa shape index (κ1) is 14.1. The fraction of sp³-hybridized carbons (Fsp3) is 0.500. The molecular weight excluding hydrogens is 286 g/mol. The zero-order valence-electron chi connectivity index (χ0n) is 12.1. The van der Waals surface area contributed by atoms with E-state index in [4.69, 9.17) is 0 Å². The van der Waals surface area contributed by atoms with Crippen molar-refractivity contribution < 1.29 is 4.79 Å². The second kappa shape index (κ2) is 5.85. The lowest BCUT2D eigenvalue weighted by Gasteiger charge is -2.23. The molecular formula is C14H17N5OS. The molecule has 0 aliphatic carbocycles. The Morgan fingerprint density at radius 1 is 1.48 bits per heavy atom. The first-order chi connectivity index (χ1) is 10.2. The van der Waals surface area contributed by atoms with Gasteiger partial charge < -0.3 is 4.90 Å². The smallest absolute Gasteiger partial charge is 0.268 e. The fourth-order valence-corrected chi connectivity index (χ4v) is 3.40. The van der Waals surface area contributed by atoms with Crippen molar-refractivity contribution in [2.75, 3.05) is 6.54 Å². The number of likely N-dealkylation sites (tertiary alicyclic amines) is 1. The van der Waals surface area contributed by atoms with Gasteiger partial charge >= 0.3 is 0 Å². The van der Waals surface area contributed by atoms with Crippen molar-refractivity contribution in [2.24, 2.45) is 0 Å². The molecule has 1 amide bonds. The normalized spacial score (nSPS) is 18.2. The molecule has 21 heavy (non-hydrogen) atoms. The van der Waals surface area contributed by atoms with Crippen molar-refractivity contribution >= 4 is 17.4 Å². The summed E-state index contributed by atoms with van der Waals surface area (Å²) in [6.07, 6.45) is 6.12. The summed E-state index contributed by atoms with van der Waals surface area (Å²) in [5.41, 5.74) is 2.53. The Kier molecular flexibility index (Phi) is 3.92. The van der Waals surface area contributed by atoms with Crippen LogP contribution in [0.1, 0.15) is 52.6 Å². The third kappa shape index (κ3) is 2.65. The van der Waals surface area contributed by atoms with Gasteiger partial charge in [0.15, 0.2) is 0 Å². The summed E-state index contributed by atoms with van der Waals surface area (Å²) in [4.78, 5) is 24.0. The summed E-state index contributed by atoms with van der Waals surface area (Å²) >= 11 is 1.18. The van der Waals surface area contributed by atoms with Gasteiger partial charge in [-0.25, -0.2) is 0 Å².